The number of ether oxygens (including phenoxy) is 1. The van der Waals surface area contributed by atoms with Gasteiger partial charge in [0.1, 0.15) is 6.54 Å². The number of aryl methyl sites for hydroxylation is 1. The van der Waals surface area contributed by atoms with E-state index in [1.54, 1.807) is 6.92 Å². The first kappa shape index (κ1) is 13.6. The molecule has 96 valence electrons. The molecule has 1 N–H and O–H groups in total. The third-order valence-corrected chi connectivity index (χ3v) is 2.30. The van der Waals surface area contributed by atoms with E-state index in [9.17, 15) is 19.7 Å². The molecule has 1 amide bonds. The Bertz CT molecular complexity index is 498. The Morgan fingerprint density at radius 1 is 1.44 bits per heavy atom. The number of benzene rings is 1. The second kappa shape index (κ2) is 5.76. The van der Waals surface area contributed by atoms with Crippen LogP contribution >= 0.6 is 0 Å². The zero-order valence-electron chi connectivity index (χ0n) is 9.93. The second-order valence-corrected chi connectivity index (χ2v) is 3.52. The summed E-state index contributed by atoms with van der Waals surface area (Å²) in [6.07, 6.45) is 0. The summed E-state index contributed by atoms with van der Waals surface area (Å²) in [6, 6.07) is 3.96. The number of nitrogens with one attached hydrogen (secondary N) is 1. The zero-order valence-corrected chi connectivity index (χ0v) is 9.93. The quantitative estimate of drug-likeness (QED) is 0.485. The normalized spacial score (nSPS) is 9.67. The van der Waals surface area contributed by atoms with Gasteiger partial charge in [-0.1, -0.05) is 6.07 Å². The number of nitro groups is 1. The first-order chi connectivity index (χ1) is 8.45. The molecule has 1 aromatic carbocycles. The predicted octanol–water partition coefficient (Wildman–Crippen LogP) is 0.806. The third kappa shape index (κ3) is 3.27. The van der Waals surface area contributed by atoms with Crippen LogP contribution in [0.2, 0.25) is 0 Å². The Labute approximate surface area is 103 Å². The minimum absolute atomic E-state index is 0.160. The Hall–Kier alpha value is -2.44. The molecule has 7 heteroatoms. The van der Waals surface area contributed by atoms with Crippen LogP contribution in [-0.2, 0) is 9.53 Å². The minimum atomic E-state index is -0.591. The van der Waals surface area contributed by atoms with Crippen LogP contribution in [0.3, 0.4) is 0 Å². The van der Waals surface area contributed by atoms with Crippen molar-refractivity contribution in [3.05, 3.63) is 39.4 Å². The third-order valence-electron chi connectivity index (χ3n) is 2.30. The van der Waals surface area contributed by atoms with E-state index >= 15 is 0 Å². The van der Waals surface area contributed by atoms with Gasteiger partial charge in [0.15, 0.2) is 0 Å². The number of carbonyl (C=O) groups excluding carboxylic acids is 2. The van der Waals surface area contributed by atoms with Crippen LogP contribution in [-0.4, -0.2) is 30.5 Å². The Kier molecular flexibility index (Phi) is 4.36. The van der Waals surface area contributed by atoms with Crippen LogP contribution in [0.25, 0.3) is 0 Å². The number of nitro benzene ring substituents is 1. The lowest BCUT2D eigenvalue weighted by Crippen LogP contribution is -2.30. The van der Waals surface area contributed by atoms with Crippen molar-refractivity contribution in [2.75, 3.05) is 13.7 Å². The number of esters is 1. The van der Waals surface area contributed by atoms with Crippen LogP contribution in [0.4, 0.5) is 5.69 Å². The number of hydrogen-bond acceptors (Lipinski definition) is 5. The molecule has 0 bridgehead atoms. The van der Waals surface area contributed by atoms with Crippen LogP contribution in [0.5, 0.6) is 0 Å². The predicted molar refractivity (Wildman–Crippen MR) is 62.2 cm³/mol. The SMILES string of the molecule is COC(=O)CNC(=O)c1cc([N+](=O)[O-])ccc1C. The van der Waals surface area contributed by atoms with Crippen LogP contribution in [0.15, 0.2) is 18.2 Å². The van der Waals surface area contributed by atoms with E-state index in [1.165, 1.54) is 25.3 Å². The molecule has 1 aromatic rings. The van der Waals surface area contributed by atoms with E-state index in [4.69, 9.17) is 0 Å². The fourth-order valence-corrected chi connectivity index (χ4v) is 1.29. The summed E-state index contributed by atoms with van der Waals surface area (Å²) in [5, 5.41) is 12.9. The van der Waals surface area contributed by atoms with E-state index in [0.29, 0.717) is 5.56 Å². The van der Waals surface area contributed by atoms with Gasteiger partial charge >= 0.3 is 5.97 Å². The molecular formula is C11H12N2O5. The Morgan fingerprint density at radius 3 is 2.67 bits per heavy atom. The first-order valence-corrected chi connectivity index (χ1v) is 5.05. The van der Waals surface area contributed by atoms with Crippen molar-refractivity contribution in [1.82, 2.24) is 5.32 Å². The molecule has 0 aliphatic rings. The maximum Gasteiger partial charge on any atom is 0.325 e. The summed E-state index contributed by atoms with van der Waals surface area (Å²) in [5.41, 5.74) is 0.569. The smallest absolute Gasteiger partial charge is 0.325 e. The second-order valence-electron chi connectivity index (χ2n) is 3.52. The lowest BCUT2D eigenvalue weighted by atomic mass is 10.1. The standard InChI is InChI=1S/C11H12N2O5/c1-7-3-4-8(13(16)17)5-9(7)11(15)12-6-10(14)18-2/h3-5H,6H2,1-2H3,(H,12,15). The fourth-order valence-electron chi connectivity index (χ4n) is 1.29. The van der Waals surface area contributed by atoms with Crippen molar-refractivity contribution in [2.24, 2.45) is 0 Å². The van der Waals surface area contributed by atoms with Gasteiger partial charge in [0.25, 0.3) is 11.6 Å². The summed E-state index contributed by atoms with van der Waals surface area (Å²) >= 11 is 0. The van der Waals surface area contributed by atoms with Gasteiger partial charge in [-0.05, 0) is 12.5 Å². The maximum atomic E-state index is 11.7. The highest BCUT2D eigenvalue weighted by atomic mass is 16.6. The number of rotatable bonds is 4. The molecule has 1 rings (SSSR count). The van der Waals surface area contributed by atoms with Crippen LogP contribution in [0.1, 0.15) is 15.9 Å². The number of amides is 1. The van der Waals surface area contributed by atoms with Gasteiger partial charge in [0.05, 0.1) is 12.0 Å². The summed E-state index contributed by atoms with van der Waals surface area (Å²) in [7, 11) is 1.20. The molecule has 0 heterocycles. The molecule has 0 spiro atoms. The van der Waals surface area contributed by atoms with E-state index in [2.05, 4.69) is 10.1 Å². The minimum Gasteiger partial charge on any atom is -0.468 e. The highest BCUT2D eigenvalue weighted by molar-refractivity contribution is 5.97. The van der Waals surface area contributed by atoms with E-state index < -0.39 is 16.8 Å². The maximum absolute atomic E-state index is 11.7. The molecule has 0 radical (unpaired) electrons. The average Bonchev–Trinajstić information content (AvgIpc) is 2.35. The summed E-state index contributed by atoms with van der Waals surface area (Å²) in [5.74, 6) is -1.15. The molecule has 7 nitrogen and oxygen atoms in total. The molecule has 18 heavy (non-hydrogen) atoms. The lowest BCUT2D eigenvalue weighted by Gasteiger charge is -2.06. The number of non-ortho nitro benzene ring substituents is 1. The van der Waals surface area contributed by atoms with Crippen molar-refractivity contribution >= 4 is 17.6 Å². The zero-order chi connectivity index (χ0) is 13.7. The van der Waals surface area contributed by atoms with E-state index in [1.807, 2.05) is 0 Å². The van der Waals surface area contributed by atoms with E-state index in [-0.39, 0.29) is 17.8 Å². The van der Waals surface area contributed by atoms with Gasteiger partial charge in [0.2, 0.25) is 0 Å². The van der Waals surface area contributed by atoms with Gasteiger partial charge in [-0.25, -0.2) is 0 Å². The van der Waals surface area contributed by atoms with Crippen molar-refractivity contribution in [3.63, 3.8) is 0 Å². The largest absolute Gasteiger partial charge is 0.468 e. The van der Waals surface area contributed by atoms with Crippen LogP contribution < -0.4 is 5.32 Å². The highest BCUT2D eigenvalue weighted by Crippen LogP contribution is 2.17. The Balaban J connectivity index is 2.87. The molecule has 0 aliphatic carbocycles. The lowest BCUT2D eigenvalue weighted by molar-refractivity contribution is -0.384. The Morgan fingerprint density at radius 2 is 2.11 bits per heavy atom. The number of hydrogen-bond donors (Lipinski definition) is 1. The molecule has 0 fully saturated rings. The number of methoxy groups -OCH3 is 1. The highest BCUT2D eigenvalue weighted by Gasteiger charge is 2.15. The van der Waals surface area contributed by atoms with Gasteiger partial charge in [0, 0.05) is 17.7 Å². The monoisotopic (exact) mass is 252 g/mol. The van der Waals surface area contributed by atoms with Crippen molar-refractivity contribution in [1.29, 1.82) is 0 Å². The van der Waals surface area contributed by atoms with Gasteiger partial charge in [-0.3, -0.25) is 19.7 Å². The number of carbonyl (C=O) groups is 2. The first-order valence-electron chi connectivity index (χ1n) is 5.05. The van der Waals surface area contributed by atoms with Gasteiger partial charge in [-0.15, -0.1) is 0 Å². The number of nitrogens with zero attached hydrogens (tertiary/aromatic N) is 1. The van der Waals surface area contributed by atoms with Crippen LogP contribution in [0, 0.1) is 17.0 Å². The molecule has 0 aromatic heterocycles. The molecular weight excluding hydrogens is 240 g/mol. The molecule has 0 unspecified atom stereocenters. The average molecular weight is 252 g/mol. The topological polar surface area (TPSA) is 98.5 Å². The summed E-state index contributed by atoms with van der Waals surface area (Å²) in [6.45, 7) is 1.37. The van der Waals surface area contributed by atoms with E-state index in [0.717, 1.165) is 0 Å². The summed E-state index contributed by atoms with van der Waals surface area (Å²) < 4.78 is 4.37. The van der Waals surface area contributed by atoms with Gasteiger partial charge < -0.3 is 10.1 Å². The molecule has 0 saturated heterocycles. The molecule has 0 aliphatic heterocycles. The summed E-state index contributed by atoms with van der Waals surface area (Å²) in [4.78, 5) is 32.6. The van der Waals surface area contributed by atoms with Gasteiger partial charge in [-0.2, -0.15) is 0 Å². The van der Waals surface area contributed by atoms with Crippen molar-refractivity contribution < 1.29 is 19.2 Å². The fraction of sp³-hybridized carbons (Fsp3) is 0.273. The van der Waals surface area contributed by atoms with Crippen molar-refractivity contribution in [3.8, 4) is 0 Å². The van der Waals surface area contributed by atoms with Crippen molar-refractivity contribution in [2.45, 2.75) is 6.92 Å². The molecule has 0 saturated carbocycles. The molecule has 0 atom stereocenters.